The highest BCUT2D eigenvalue weighted by Gasteiger charge is 2.15. The van der Waals surface area contributed by atoms with Crippen molar-refractivity contribution in [2.24, 2.45) is 0 Å². The second-order valence-corrected chi connectivity index (χ2v) is 4.59. The number of ether oxygens (including phenoxy) is 2. The average molecular weight is 272 g/mol. The predicted molar refractivity (Wildman–Crippen MR) is 76.1 cm³/mol. The van der Waals surface area contributed by atoms with Crippen LogP contribution in [0.5, 0.6) is 0 Å². The zero-order valence-corrected chi connectivity index (χ0v) is 11.9. The van der Waals surface area contributed by atoms with Gasteiger partial charge in [-0.3, -0.25) is 0 Å². The van der Waals surface area contributed by atoms with Crippen molar-refractivity contribution >= 4 is 22.7 Å². The summed E-state index contributed by atoms with van der Waals surface area (Å²) >= 11 is 0. The Bertz CT molecular complexity index is 701. The van der Waals surface area contributed by atoms with Crippen LogP contribution in [0.25, 0.3) is 10.8 Å². The van der Waals surface area contributed by atoms with Gasteiger partial charge < -0.3 is 9.47 Å². The lowest BCUT2D eigenvalue weighted by Crippen LogP contribution is -2.06. The number of rotatable bonds is 2. The molecule has 0 atom stereocenters. The Labute approximate surface area is 117 Å². The van der Waals surface area contributed by atoms with Crippen LogP contribution < -0.4 is 0 Å². The number of aryl methyl sites for hydroxylation is 1. The number of carbonyl (C=O) groups is 2. The molecule has 2 aromatic carbocycles. The first-order valence-electron chi connectivity index (χ1n) is 6.20. The molecule has 0 fully saturated rings. The van der Waals surface area contributed by atoms with E-state index in [2.05, 4.69) is 0 Å². The van der Waals surface area contributed by atoms with Crippen molar-refractivity contribution < 1.29 is 19.1 Å². The molecule has 0 aromatic heterocycles. The summed E-state index contributed by atoms with van der Waals surface area (Å²) in [5, 5.41) is 1.82. The van der Waals surface area contributed by atoms with Crippen LogP contribution in [-0.2, 0) is 9.47 Å². The normalized spacial score (nSPS) is 10.4. The van der Waals surface area contributed by atoms with Gasteiger partial charge in [0.15, 0.2) is 0 Å². The summed E-state index contributed by atoms with van der Waals surface area (Å²) in [5.74, 6) is -0.731. The fourth-order valence-electron chi connectivity index (χ4n) is 2.24. The number of hydrogen-bond acceptors (Lipinski definition) is 4. The van der Waals surface area contributed by atoms with E-state index in [9.17, 15) is 9.59 Å². The minimum atomic E-state index is -0.374. The summed E-state index contributed by atoms with van der Waals surface area (Å²) in [4.78, 5) is 23.3. The minimum absolute atomic E-state index is 0.357. The predicted octanol–water partition coefficient (Wildman–Crippen LogP) is 3.03. The molecule has 0 unspecified atom stereocenters. The van der Waals surface area contributed by atoms with Gasteiger partial charge >= 0.3 is 11.9 Å². The number of fused-ring (bicyclic) bond motifs is 1. The molecule has 2 rings (SSSR count). The lowest BCUT2D eigenvalue weighted by molar-refractivity contribution is 0.0591. The third kappa shape index (κ3) is 2.25. The maximum Gasteiger partial charge on any atom is 0.338 e. The van der Waals surface area contributed by atoms with Crippen LogP contribution in [0, 0.1) is 13.8 Å². The number of methoxy groups -OCH3 is 2. The quantitative estimate of drug-likeness (QED) is 0.788. The van der Waals surface area contributed by atoms with Crippen molar-refractivity contribution in [3.8, 4) is 0 Å². The fraction of sp³-hybridized carbons (Fsp3) is 0.250. The topological polar surface area (TPSA) is 52.6 Å². The van der Waals surface area contributed by atoms with Crippen LogP contribution >= 0.6 is 0 Å². The first-order chi connectivity index (χ1) is 9.49. The van der Waals surface area contributed by atoms with E-state index in [0.29, 0.717) is 11.1 Å². The van der Waals surface area contributed by atoms with Crippen molar-refractivity contribution in [2.75, 3.05) is 14.2 Å². The fourth-order valence-corrected chi connectivity index (χ4v) is 2.24. The molecular formula is C16H16O4. The molecule has 4 nitrogen and oxygen atoms in total. The summed E-state index contributed by atoms with van der Waals surface area (Å²) in [7, 11) is 2.71. The second-order valence-electron chi connectivity index (χ2n) is 4.59. The number of carbonyl (C=O) groups excluding carboxylic acids is 2. The van der Waals surface area contributed by atoms with Gasteiger partial charge in [0.25, 0.3) is 0 Å². The van der Waals surface area contributed by atoms with Gasteiger partial charge in [0, 0.05) is 0 Å². The van der Waals surface area contributed by atoms with Crippen molar-refractivity contribution in [3.05, 3.63) is 46.5 Å². The van der Waals surface area contributed by atoms with Crippen LogP contribution in [-0.4, -0.2) is 26.2 Å². The van der Waals surface area contributed by atoms with E-state index in [1.165, 1.54) is 14.2 Å². The van der Waals surface area contributed by atoms with Gasteiger partial charge in [-0.15, -0.1) is 0 Å². The molecule has 104 valence electrons. The van der Waals surface area contributed by atoms with Crippen LogP contribution in [0.3, 0.4) is 0 Å². The second kappa shape index (κ2) is 5.33. The van der Waals surface area contributed by atoms with Gasteiger partial charge in [-0.1, -0.05) is 6.07 Å². The maximum atomic E-state index is 11.8. The molecule has 0 saturated heterocycles. The third-order valence-electron chi connectivity index (χ3n) is 3.55. The molecule has 0 radical (unpaired) electrons. The molecule has 0 aliphatic carbocycles. The van der Waals surface area contributed by atoms with Gasteiger partial charge in [0.05, 0.1) is 25.3 Å². The molecular weight excluding hydrogens is 256 g/mol. The highest BCUT2D eigenvalue weighted by atomic mass is 16.5. The zero-order valence-electron chi connectivity index (χ0n) is 11.9. The summed E-state index contributed by atoms with van der Waals surface area (Å²) in [6.45, 7) is 3.79. The Morgan fingerprint density at radius 2 is 1.55 bits per heavy atom. The first-order valence-corrected chi connectivity index (χ1v) is 6.20. The number of esters is 2. The minimum Gasteiger partial charge on any atom is -0.465 e. The molecule has 0 amide bonds. The number of benzene rings is 2. The first kappa shape index (κ1) is 14.1. The lowest BCUT2D eigenvalue weighted by Gasteiger charge is -2.12. The van der Waals surface area contributed by atoms with Gasteiger partial charge in [0.1, 0.15) is 0 Å². The summed E-state index contributed by atoms with van der Waals surface area (Å²) in [6, 6.07) is 7.06. The summed E-state index contributed by atoms with van der Waals surface area (Å²) in [6.07, 6.45) is 0. The van der Waals surface area contributed by atoms with Gasteiger partial charge in [0.2, 0.25) is 0 Å². The molecule has 0 spiro atoms. The molecule has 20 heavy (non-hydrogen) atoms. The van der Waals surface area contributed by atoms with E-state index in [1.54, 1.807) is 24.3 Å². The van der Waals surface area contributed by atoms with E-state index in [0.717, 1.165) is 21.9 Å². The molecule has 2 aromatic rings. The molecule has 0 N–H and O–H groups in total. The largest absolute Gasteiger partial charge is 0.465 e. The van der Waals surface area contributed by atoms with Crippen LogP contribution in [0.4, 0.5) is 0 Å². The lowest BCUT2D eigenvalue weighted by atomic mass is 9.94. The van der Waals surface area contributed by atoms with Crippen LogP contribution in [0.1, 0.15) is 31.8 Å². The van der Waals surface area contributed by atoms with Gasteiger partial charge in [-0.2, -0.15) is 0 Å². The Morgan fingerprint density at radius 1 is 0.900 bits per heavy atom. The molecule has 0 saturated carbocycles. The number of hydrogen-bond donors (Lipinski definition) is 0. The molecule has 0 aliphatic rings. The Kier molecular flexibility index (Phi) is 3.74. The highest BCUT2D eigenvalue weighted by Crippen LogP contribution is 2.26. The average Bonchev–Trinajstić information content (AvgIpc) is 2.48. The van der Waals surface area contributed by atoms with Gasteiger partial charge in [-0.05, 0) is 53.9 Å². The standard InChI is InChI=1S/C16H16O4/c1-9-10(2)14(16(18)20-4)7-11-5-6-12(8-13(9)11)15(17)19-3/h5-8H,1-4H3. The Balaban J connectivity index is 2.70. The van der Waals surface area contributed by atoms with E-state index >= 15 is 0 Å². The van der Waals surface area contributed by atoms with Crippen LogP contribution in [0.15, 0.2) is 24.3 Å². The zero-order chi connectivity index (χ0) is 14.9. The van der Waals surface area contributed by atoms with Crippen molar-refractivity contribution in [1.82, 2.24) is 0 Å². The SMILES string of the molecule is COC(=O)c1ccc2cc(C(=O)OC)c(C)c(C)c2c1. The smallest absolute Gasteiger partial charge is 0.338 e. The van der Waals surface area contributed by atoms with E-state index in [-0.39, 0.29) is 11.9 Å². The molecule has 0 aliphatic heterocycles. The van der Waals surface area contributed by atoms with E-state index in [4.69, 9.17) is 9.47 Å². The van der Waals surface area contributed by atoms with Crippen molar-refractivity contribution in [3.63, 3.8) is 0 Å². The van der Waals surface area contributed by atoms with Crippen molar-refractivity contribution in [1.29, 1.82) is 0 Å². The molecule has 4 heteroatoms. The summed E-state index contributed by atoms with van der Waals surface area (Å²) in [5.41, 5.74) is 2.84. The maximum absolute atomic E-state index is 11.8. The Morgan fingerprint density at radius 3 is 2.15 bits per heavy atom. The summed E-state index contributed by atoms with van der Waals surface area (Å²) < 4.78 is 9.51. The monoisotopic (exact) mass is 272 g/mol. The Hall–Kier alpha value is -2.36. The third-order valence-corrected chi connectivity index (χ3v) is 3.55. The van der Waals surface area contributed by atoms with E-state index < -0.39 is 0 Å². The van der Waals surface area contributed by atoms with Gasteiger partial charge in [-0.25, -0.2) is 9.59 Å². The van der Waals surface area contributed by atoms with Crippen LogP contribution in [0.2, 0.25) is 0 Å². The highest BCUT2D eigenvalue weighted by molar-refractivity contribution is 6.01. The van der Waals surface area contributed by atoms with E-state index in [1.807, 2.05) is 13.8 Å². The van der Waals surface area contributed by atoms with Crippen molar-refractivity contribution in [2.45, 2.75) is 13.8 Å². The molecule has 0 heterocycles. The molecule has 0 bridgehead atoms.